The molecule has 2 heterocycles. The summed E-state index contributed by atoms with van der Waals surface area (Å²) in [5, 5.41) is 11.7. The van der Waals surface area contributed by atoms with E-state index in [-0.39, 0.29) is 61.1 Å². The first-order chi connectivity index (χ1) is 21.3. The molecule has 2 N–H and O–H groups in total. The second-order valence-corrected chi connectivity index (χ2v) is 11.8. The molecule has 0 aliphatic carbocycles. The number of carbonyl (C=O) groups is 1. The maximum absolute atomic E-state index is 13.7. The molecular weight excluding hydrogens is 655 g/mol. The van der Waals surface area contributed by atoms with Crippen LogP contribution in [0.25, 0.3) is 0 Å². The van der Waals surface area contributed by atoms with Crippen LogP contribution < -0.4 is 10.6 Å². The zero-order valence-electron chi connectivity index (χ0n) is 24.6. The fourth-order valence-electron chi connectivity index (χ4n) is 5.29. The minimum absolute atomic E-state index is 0.0149. The highest BCUT2D eigenvalue weighted by atomic mass is 32.2. The highest BCUT2D eigenvalue weighted by molar-refractivity contribution is 7.99. The Morgan fingerprint density at radius 2 is 1.61 bits per heavy atom. The number of aromatic nitrogens is 4. The van der Waals surface area contributed by atoms with Gasteiger partial charge in [0.05, 0.1) is 41.4 Å². The van der Waals surface area contributed by atoms with Crippen molar-refractivity contribution < 1.29 is 49.0 Å². The quantitative estimate of drug-likeness (QED) is 0.249. The maximum atomic E-state index is 13.7. The first-order valence-corrected chi connectivity index (χ1v) is 15.1. The number of benzene rings is 2. The second kappa shape index (κ2) is 12.9. The number of ether oxygens (including phenoxy) is 1. The van der Waals surface area contributed by atoms with Gasteiger partial charge in [0.25, 0.3) is 0 Å². The molecule has 3 aromatic rings. The third-order valence-electron chi connectivity index (χ3n) is 7.63. The molecule has 18 heteroatoms. The number of rotatable bonds is 8. The normalized spacial score (nSPS) is 19.6. The molecule has 1 aliphatic heterocycles. The Bertz CT molecular complexity index is 1530. The van der Waals surface area contributed by atoms with Gasteiger partial charge in [0.1, 0.15) is 5.66 Å². The van der Waals surface area contributed by atoms with E-state index in [2.05, 4.69) is 15.4 Å². The molecule has 1 amide bonds. The smallest absolute Gasteiger partial charge is 0.416 e. The number of alkyl halides is 9. The number of nitrogens with two attached hydrogens (primary N) is 1. The summed E-state index contributed by atoms with van der Waals surface area (Å²) in [5.74, 6) is -1.00. The molecule has 2 aromatic carbocycles. The molecule has 0 spiro atoms. The molecule has 4 rings (SSSR count). The van der Waals surface area contributed by atoms with Crippen molar-refractivity contribution in [1.82, 2.24) is 20.2 Å². The molecule has 1 unspecified atom stereocenters. The SMILES string of the molecule is CCOC(=O)N1c2ccc(C(F)(F)F)cc2[C@@H](c2nnn(CC(Cc3cc(C(F)(F)F)cc(C(F)(F)F)c3)SC)n2)C[C@@]1(N)CC. The average molecular weight is 685 g/mol. The largest absolute Gasteiger partial charge is 0.449 e. The van der Waals surface area contributed by atoms with Crippen LogP contribution in [0.2, 0.25) is 0 Å². The van der Waals surface area contributed by atoms with E-state index in [0.29, 0.717) is 12.1 Å². The number of halogens is 9. The van der Waals surface area contributed by atoms with Crippen LogP contribution in [-0.4, -0.2) is 50.1 Å². The van der Waals surface area contributed by atoms with Crippen LogP contribution in [0, 0.1) is 0 Å². The number of tetrazole rings is 1. The van der Waals surface area contributed by atoms with E-state index in [1.807, 2.05) is 0 Å². The summed E-state index contributed by atoms with van der Waals surface area (Å²) >= 11 is 1.14. The van der Waals surface area contributed by atoms with Crippen LogP contribution in [0.4, 0.5) is 50.0 Å². The van der Waals surface area contributed by atoms with Gasteiger partial charge in [0, 0.05) is 5.25 Å². The van der Waals surface area contributed by atoms with E-state index in [0.717, 1.165) is 39.7 Å². The first-order valence-electron chi connectivity index (χ1n) is 13.9. The Kier molecular flexibility index (Phi) is 9.92. The third kappa shape index (κ3) is 7.53. The number of fused-ring (bicyclic) bond motifs is 1. The lowest BCUT2D eigenvalue weighted by molar-refractivity contribution is -0.143. The molecule has 0 saturated heterocycles. The number of nitrogens with zero attached hydrogens (tertiary/aromatic N) is 5. The minimum Gasteiger partial charge on any atom is -0.449 e. The van der Waals surface area contributed by atoms with E-state index in [9.17, 15) is 44.3 Å². The second-order valence-electron chi connectivity index (χ2n) is 10.7. The summed E-state index contributed by atoms with van der Waals surface area (Å²) in [5.41, 5.74) is 1.25. The van der Waals surface area contributed by atoms with Gasteiger partial charge in [-0.15, -0.1) is 10.2 Å². The molecule has 3 atom stereocenters. The molecular formula is C28H29F9N6O2S. The van der Waals surface area contributed by atoms with Gasteiger partial charge in [-0.25, -0.2) is 4.79 Å². The third-order valence-corrected chi connectivity index (χ3v) is 8.61. The van der Waals surface area contributed by atoms with Crippen LogP contribution in [0.1, 0.15) is 66.2 Å². The Labute approximate surface area is 261 Å². The van der Waals surface area contributed by atoms with Gasteiger partial charge in [-0.1, -0.05) is 6.92 Å². The highest BCUT2D eigenvalue weighted by Gasteiger charge is 2.47. The summed E-state index contributed by atoms with van der Waals surface area (Å²) in [7, 11) is 0. The van der Waals surface area contributed by atoms with Crippen molar-refractivity contribution in [2.45, 2.75) is 75.0 Å². The molecule has 8 nitrogen and oxygen atoms in total. The van der Waals surface area contributed by atoms with Crippen molar-refractivity contribution in [2.75, 3.05) is 17.8 Å². The molecule has 0 bridgehead atoms. The predicted octanol–water partition coefficient (Wildman–Crippen LogP) is 7.27. The van der Waals surface area contributed by atoms with E-state index < -0.39 is 58.1 Å². The van der Waals surface area contributed by atoms with Crippen molar-refractivity contribution in [2.24, 2.45) is 5.73 Å². The number of hydrogen-bond donors (Lipinski definition) is 1. The summed E-state index contributed by atoms with van der Waals surface area (Å²) in [6.45, 7) is 3.13. The van der Waals surface area contributed by atoms with Crippen molar-refractivity contribution in [3.63, 3.8) is 0 Å². The molecule has 1 aromatic heterocycles. The van der Waals surface area contributed by atoms with Crippen LogP contribution in [0.3, 0.4) is 0 Å². The monoisotopic (exact) mass is 684 g/mol. The summed E-state index contributed by atoms with van der Waals surface area (Å²) in [6.07, 6.45) is -14.1. The standard InChI is InChI=1S/C28H29F9N6O2S/c1-4-25(38)13-21(20-12-16(26(29,30)31)6-7-22(20)43(25)24(44)45-5-2)23-39-41-42(40-23)14-19(46-3)10-15-8-17(27(32,33)34)11-18(9-15)28(35,36)37/h6-9,11-12,19,21H,4-5,10,13-14,38H2,1-3H3/t19?,21-,25+/m0/s1. The number of anilines is 1. The van der Waals surface area contributed by atoms with Gasteiger partial charge in [0.2, 0.25) is 0 Å². The van der Waals surface area contributed by atoms with Crippen LogP contribution in [-0.2, 0) is 36.2 Å². The van der Waals surface area contributed by atoms with Gasteiger partial charge >= 0.3 is 24.6 Å². The molecule has 1 aliphatic rings. The highest BCUT2D eigenvalue weighted by Crippen LogP contribution is 2.47. The Morgan fingerprint density at radius 3 is 2.13 bits per heavy atom. The summed E-state index contributed by atoms with van der Waals surface area (Å²) in [4.78, 5) is 15.1. The first kappa shape index (κ1) is 35.3. The van der Waals surface area contributed by atoms with Gasteiger partial charge in [-0.3, -0.25) is 4.90 Å². The van der Waals surface area contributed by atoms with E-state index in [4.69, 9.17) is 10.5 Å². The Morgan fingerprint density at radius 1 is 1.00 bits per heavy atom. The predicted molar refractivity (Wildman–Crippen MR) is 150 cm³/mol. The lowest BCUT2D eigenvalue weighted by Crippen LogP contribution is -2.61. The zero-order valence-corrected chi connectivity index (χ0v) is 25.4. The number of carbonyl (C=O) groups excluding carboxylic acids is 1. The molecule has 46 heavy (non-hydrogen) atoms. The van der Waals surface area contributed by atoms with Crippen molar-refractivity contribution in [1.29, 1.82) is 0 Å². The van der Waals surface area contributed by atoms with Crippen molar-refractivity contribution in [3.8, 4) is 0 Å². The average Bonchev–Trinajstić information content (AvgIpc) is 3.43. The topological polar surface area (TPSA) is 99.2 Å². The fourth-order valence-corrected chi connectivity index (χ4v) is 5.93. The van der Waals surface area contributed by atoms with E-state index >= 15 is 0 Å². The van der Waals surface area contributed by atoms with Crippen molar-refractivity contribution in [3.05, 3.63) is 70.0 Å². The van der Waals surface area contributed by atoms with Gasteiger partial charge < -0.3 is 10.5 Å². The zero-order chi connectivity index (χ0) is 34.2. The molecule has 252 valence electrons. The van der Waals surface area contributed by atoms with Gasteiger partial charge in [-0.05, 0) is 85.2 Å². The van der Waals surface area contributed by atoms with Crippen LogP contribution in [0.15, 0.2) is 36.4 Å². The van der Waals surface area contributed by atoms with Gasteiger partial charge in [-0.2, -0.15) is 56.1 Å². The van der Waals surface area contributed by atoms with Crippen LogP contribution >= 0.6 is 11.8 Å². The lowest BCUT2D eigenvalue weighted by Gasteiger charge is -2.46. The fraction of sp³-hybridized carbons (Fsp3) is 0.500. The Balaban J connectivity index is 1.69. The Hall–Kier alpha value is -3.54. The molecule has 0 fully saturated rings. The number of hydrogen-bond acceptors (Lipinski definition) is 7. The van der Waals surface area contributed by atoms with Crippen molar-refractivity contribution >= 4 is 23.5 Å². The number of thioether (sulfide) groups is 1. The minimum atomic E-state index is -5.00. The maximum Gasteiger partial charge on any atom is 0.416 e. The summed E-state index contributed by atoms with van der Waals surface area (Å²) in [6, 6.07) is 4.16. The van der Waals surface area contributed by atoms with E-state index in [1.54, 1.807) is 20.1 Å². The summed E-state index contributed by atoms with van der Waals surface area (Å²) < 4.78 is 126. The molecule has 0 radical (unpaired) electrons. The van der Waals surface area contributed by atoms with Crippen LogP contribution in [0.5, 0.6) is 0 Å². The van der Waals surface area contributed by atoms with E-state index in [1.165, 1.54) is 0 Å². The molecule has 0 saturated carbocycles. The van der Waals surface area contributed by atoms with Gasteiger partial charge in [0.15, 0.2) is 5.82 Å². The lowest BCUT2D eigenvalue weighted by atomic mass is 9.80. The number of amides is 1.